The summed E-state index contributed by atoms with van der Waals surface area (Å²) in [6.45, 7) is 5.21. The van der Waals surface area contributed by atoms with Crippen molar-refractivity contribution in [3.05, 3.63) is 48.0 Å². The number of aromatic nitrogens is 2. The number of imidazole rings is 1. The topological polar surface area (TPSA) is 53.6 Å². The summed E-state index contributed by atoms with van der Waals surface area (Å²) in [6, 6.07) is 10.7. The van der Waals surface area contributed by atoms with Crippen molar-refractivity contribution < 1.29 is 0 Å². The third kappa shape index (κ3) is 2.83. The average Bonchev–Trinajstić information content (AvgIpc) is 2.93. The largest absolute Gasteiger partial charge is 0.310 e. The van der Waals surface area contributed by atoms with E-state index in [4.69, 9.17) is 5.26 Å². The summed E-state index contributed by atoms with van der Waals surface area (Å²) >= 11 is 0. The Morgan fingerprint density at radius 2 is 2.26 bits per heavy atom. The molecule has 1 N–H and O–H groups in total. The Hall–Kier alpha value is -2.12. The van der Waals surface area contributed by atoms with E-state index < -0.39 is 0 Å². The summed E-state index contributed by atoms with van der Waals surface area (Å²) < 4.78 is 1.81. The molecule has 1 atom stereocenters. The fraction of sp³-hybridized carbons (Fsp3) is 0.333. The van der Waals surface area contributed by atoms with E-state index in [2.05, 4.69) is 42.4 Å². The van der Waals surface area contributed by atoms with Crippen molar-refractivity contribution in [1.29, 1.82) is 5.26 Å². The molecule has 0 radical (unpaired) electrons. The van der Waals surface area contributed by atoms with Crippen LogP contribution in [-0.2, 0) is 0 Å². The average molecular weight is 254 g/mol. The predicted octanol–water partition coefficient (Wildman–Crippen LogP) is 2.80. The van der Waals surface area contributed by atoms with Crippen molar-refractivity contribution in [2.45, 2.75) is 26.3 Å². The molecule has 0 aliphatic rings. The van der Waals surface area contributed by atoms with Gasteiger partial charge in [-0.2, -0.15) is 5.26 Å². The molecule has 2 aromatic rings. The maximum Gasteiger partial charge on any atom is 0.217 e. The monoisotopic (exact) mass is 254 g/mol. The van der Waals surface area contributed by atoms with Crippen molar-refractivity contribution in [3.8, 4) is 11.8 Å². The number of rotatable bonds is 5. The molecule has 1 heterocycles. The van der Waals surface area contributed by atoms with Gasteiger partial charge in [-0.3, -0.25) is 4.57 Å². The molecule has 0 spiro atoms. The quantitative estimate of drug-likeness (QED) is 0.892. The van der Waals surface area contributed by atoms with Crippen LogP contribution >= 0.6 is 0 Å². The molecule has 0 aliphatic heterocycles. The van der Waals surface area contributed by atoms with Gasteiger partial charge in [-0.05, 0) is 30.7 Å². The SMILES string of the molecule is CCNC(CC)c1cccc(-n2ccnc2C#N)c1. The molecule has 2 rings (SSSR count). The van der Waals surface area contributed by atoms with Crippen LogP contribution in [-0.4, -0.2) is 16.1 Å². The van der Waals surface area contributed by atoms with Crippen LogP contribution in [0.3, 0.4) is 0 Å². The van der Waals surface area contributed by atoms with E-state index in [9.17, 15) is 0 Å². The molecule has 1 aromatic carbocycles. The first-order valence-corrected chi connectivity index (χ1v) is 6.57. The highest BCUT2D eigenvalue weighted by atomic mass is 15.1. The molecule has 4 heteroatoms. The second-order valence-corrected chi connectivity index (χ2v) is 4.35. The number of nitrogens with zero attached hydrogens (tertiary/aromatic N) is 3. The molecule has 19 heavy (non-hydrogen) atoms. The van der Waals surface area contributed by atoms with E-state index in [0.717, 1.165) is 18.7 Å². The molecule has 98 valence electrons. The molecule has 4 nitrogen and oxygen atoms in total. The van der Waals surface area contributed by atoms with Gasteiger partial charge in [0, 0.05) is 24.1 Å². The normalized spacial score (nSPS) is 12.1. The third-order valence-corrected chi connectivity index (χ3v) is 3.15. The van der Waals surface area contributed by atoms with Gasteiger partial charge in [-0.1, -0.05) is 26.0 Å². The van der Waals surface area contributed by atoms with Crippen LogP contribution in [0.15, 0.2) is 36.7 Å². The lowest BCUT2D eigenvalue weighted by Gasteiger charge is -2.17. The minimum absolute atomic E-state index is 0.346. The van der Waals surface area contributed by atoms with Crippen molar-refractivity contribution in [2.24, 2.45) is 0 Å². The van der Waals surface area contributed by atoms with Crippen LogP contribution in [0.25, 0.3) is 5.69 Å². The predicted molar refractivity (Wildman–Crippen MR) is 75.0 cm³/mol. The zero-order valence-corrected chi connectivity index (χ0v) is 11.3. The lowest BCUT2D eigenvalue weighted by Crippen LogP contribution is -2.20. The van der Waals surface area contributed by atoms with Gasteiger partial charge >= 0.3 is 0 Å². The van der Waals surface area contributed by atoms with Gasteiger partial charge in [0.2, 0.25) is 5.82 Å². The highest BCUT2D eigenvalue weighted by Crippen LogP contribution is 2.20. The molecule has 0 bridgehead atoms. The molecule has 0 fully saturated rings. The number of benzene rings is 1. The number of nitriles is 1. The molecule has 0 amide bonds. The standard InChI is InChI=1S/C15H18N4/c1-3-14(17-4-2)12-6-5-7-13(10-12)19-9-8-18-15(19)11-16/h5-10,14,17H,3-4H2,1-2H3. The van der Waals surface area contributed by atoms with Gasteiger partial charge in [-0.15, -0.1) is 0 Å². The van der Waals surface area contributed by atoms with Gasteiger partial charge in [0.15, 0.2) is 0 Å². The maximum absolute atomic E-state index is 9.03. The second kappa shape index (κ2) is 6.17. The highest BCUT2D eigenvalue weighted by Gasteiger charge is 2.10. The van der Waals surface area contributed by atoms with E-state index in [1.165, 1.54) is 5.56 Å². The Bertz CT molecular complexity index is 580. The Kier molecular flexibility index (Phi) is 4.32. The van der Waals surface area contributed by atoms with Crippen molar-refractivity contribution in [1.82, 2.24) is 14.9 Å². The lowest BCUT2D eigenvalue weighted by molar-refractivity contribution is 0.537. The first-order valence-electron chi connectivity index (χ1n) is 6.57. The minimum atomic E-state index is 0.346. The van der Waals surface area contributed by atoms with Crippen molar-refractivity contribution >= 4 is 0 Å². The zero-order valence-electron chi connectivity index (χ0n) is 11.3. The van der Waals surface area contributed by atoms with Crippen LogP contribution in [0.2, 0.25) is 0 Å². The van der Waals surface area contributed by atoms with Crippen LogP contribution in [0.4, 0.5) is 0 Å². The highest BCUT2D eigenvalue weighted by molar-refractivity contribution is 5.40. The van der Waals surface area contributed by atoms with Gasteiger partial charge in [0.1, 0.15) is 6.07 Å². The molecule has 0 saturated heterocycles. The number of hydrogen-bond donors (Lipinski definition) is 1. The van der Waals surface area contributed by atoms with Gasteiger partial charge in [-0.25, -0.2) is 4.98 Å². The van der Waals surface area contributed by atoms with Crippen LogP contribution < -0.4 is 5.32 Å². The molecule has 1 unspecified atom stereocenters. The summed E-state index contributed by atoms with van der Waals surface area (Å²) in [5.41, 5.74) is 2.21. The van der Waals surface area contributed by atoms with E-state index in [-0.39, 0.29) is 0 Å². The Labute approximate surface area is 113 Å². The molecular formula is C15H18N4. The Morgan fingerprint density at radius 3 is 2.95 bits per heavy atom. The van der Waals surface area contributed by atoms with E-state index >= 15 is 0 Å². The van der Waals surface area contributed by atoms with Crippen LogP contribution in [0.5, 0.6) is 0 Å². The second-order valence-electron chi connectivity index (χ2n) is 4.35. The minimum Gasteiger partial charge on any atom is -0.310 e. The van der Waals surface area contributed by atoms with E-state index in [1.54, 1.807) is 6.20 Å². The fourth-order valence-corrected chi connectivity index (χ4v) is 2.23. The molecule has 0 saturated carbocycles. The van der Waals surface area contributed by atoms with Crippen LogP contribution in [0, 0.1) is 11.3 Å². The summed E-state index contributed by atoms with van der Waals surface area (Å²) in [5, 5.41) is 12.5. The third-order valence-electron chi connectivity index (χ3n) is 3.15. The Morgan fingerprint density at radius 1 is 1.42 bits per heavy atom. The molecular weight excluding hydrogens is 236 g/mol. The van der Waals surface area contributed by atoms with Crippen molar-refractivity contribution in [2.75, 3.05) is 6.54 Å². The Balaban J connectivity index is 2.37. The van der Waals surface area contributed by atoms with E-state index in [1.807, 2.05) is 22.9 Å². The first kappa shape index (κ1) is 13.3. The zero-order chi connectivity index (χ0) is 13.7. The number of nitrogens with one attached hydrogen (secondary N) is 1. The summed E-state index contributed by atoms with van der Waals surface area (Å²) in [7, 11) is 0. The van der Waals surface area contributed by atoms with Crippen LogP contribution in [0.1, 0.15) is 37.7 Å². The smallest absolute Gasteiger partial charge is 0.217 e. The molecule has 1 aromatic heterocycles. The first-order chi connectivity index (χ1) is 9.30. The van der Waals surface area contributed by atoms with Gasteiger partial charge < -0.3 is 5.32 Å². The van der Waals surface area contributed by atoms with Gasteiger partial charge in [0.05, 0.1) is 0 Å². The molecule has 0 aliphatic carbocycles. The maximum atomic E-state index is 9.03. The van der Waals surface area contributed by atoms with E-state index in [0.29, 0.717) is 11.9 Å². The number of hydrogen-bond acceptors (Lipinski definition) is 3. The summed E-state index contributed by atoms with van der Waals surface area (Å²) in [6.07, 6.45) is 4.49. The lowest BCUT2D eigenvalue weighted by atomic mass is 10.0. The summed E-state index contributed by atoms with van der Waals surface area (Å²) in [5.74, 6) is 0.411. The van der Waals surface area contributed by atoms with Gasteiger partial charge in [0.25, 0.3) is 0 Å². The summed E-state index contributed by atoms with van der Waals surface area (Å²) in [4.78, 5) is 4.03. The van der Waals surface area contributed by atoms with Crippen molar-refractivity contribution in [3.63, 3.8) is 0 Å². The fourth-order valence-electron chi connectivity index (χ4n) is 2.23.